The number of esters is 1. The maximum Gasteiger partial charge on any atom is 0.302 e. The summed E-state index contributed by atoms with van der Waals surface area (Å²) in [6.07, 6.45) is 11.2. The van der Waals surface area contributed by atoms with E-state index in [9.17, 15) is 4.79 Å². The minimum Gasteiger partial charge on any atom is -0.463 e. The molecule has 1 aromatic heterocycles. The van der Waals surface area contributed by atoms with E-state index in [-0.39, 0.29) is 28.7 Å². The van der Waals surface area contributed by atoms with Gasteiger partial charge in [0.1, 0.15) is 22.3 Å². The summed E-state index contributed by atoms with van der Waals surface area (Å²) < 4.78 is 13.8. The highest BCUT2D eigenvalue weighted by atomic mass is 32.1. The highest BCUT2D eigenvalue weighted by molar-refractivity contribution is 7.18. The van der Waals surface area contributed by atoms with Gasteiger partial charge in [0.25, 0.3) is 0 Å². The van der Waals surface area contributed by atoms with Gasteiger partial charge in [-0.1, -0.05) is 26.0 Å². The molecule has 188 valence electrons. The Labute approximate surface area is 213 Å². The van der Waals surface area contributed by atoms with Crippen LogP contribution in [-0.2, 0) is 19.9 Å². The molecule has 9 atom stereocenters. The predicted molar refractivity (Wildman–Crippen MR) is 138 cm³/mol. The molecule has 5 aliphatic rings. The number of thiazole rings is 1. The molecule has 7 rings (SSSR count). The molecule has 0 unspecified atom stereocenters. The molecule has 2 heterocycles. The number of carbonyl (C=O) groups is 1. The molecule has 4 aliphatic carbocycles. The fraction of sp³-hybridized carbons (Fsp3) is 0.733. The monoisotopic (exact) mass is 493 g/mol. The number of hydrogen-bond donors (Lipinski definition) is 0. The summed E-state index contributed by atoms with van der Waals surface area (Å²) in [5.41, 5.74) is 1.46. The summed E-state index contributed by atoms with van der Waals surface area (Å²) in [5.74, 6) is 2.95. The second kappa shape index (κ2) is 7.31. The molecule has 4 nitrogen and oxygen atoms in total. The molecule has 0 amide bonds. The molecule has 1 spiro atoms. The number of fused-ring (bicyclic) bond motifs is 7. The van der Waals surface area contributed by atoms with Crippen molar-refractivity contribution in [3.63, 3.8) is 0 Å². The van der Waals surface area contributed by atoms with Gasteiger partial charge in [-0.25, -0.2) is 4.98 Å². The average Bonchev–Trinajstić information content (AvgIpc) is 3.12. The van der Waals surface area contributed by atoms with Gasteiger partial charge >= 0.3 is 5.97 Å². The molecular formula is C30H39NO3S. The minimum absolute atomic E-state index is 0.0474. The van der Waals surface area contributed by atoms with Crippen LogP contribution in [0.15, 0.2) is 24.3 Å². The van der Waals surface area contributed by atoms with Crippen molar-refractivity contribution in [1.29, 1.82) is 0 Å². The smallest absolute Gasteiger partial charge is 0.302 e. The molecule has 0 radical (unpaired) electrons. The summed E-state index contributed by atoms with van der Waals surface area (Å²) in [7, 11) is 0. The maximum atomic E-state index is 11.6. The van der Waals surface area contributed by atoms with E-state index >= 15 is 0 Å². The molecule has 1 aliphatic heterocycles. The lowest BCUT2D eigenvalue weighted by molar-refractivity contribution is -0.160. The quantitative estimate of drug-likeness (QED) is 0.326. The number of carbonyl (C=O) groups excluding carboxylic acids is 1. The normalized spacial score (nSPS) is 48.3. The fourth-order valence-corrected chi connectivity index (χ4v) is 11.2. The first kappa shape index (κ1) is 22.7. The number of nitrogens with zero attached hydrogens (tertiary/aromatic N) is 1. The van der Waals surface area contributed by atoms with E-state index in [1.807, 2.05) is 11.3 Å². The van der Waals surface area contributed by atoms with Gasteiger partial charge in [-0.3, -0.25) is 4.79 Å². The third kappa shape index (κ3) is 2.89. The number of rotatable bonds is 2. The fourth-order valence-electron chi connectivity index (χ4n) is 10.1. The highest BCUT2D eigenvalue weighted by Crippen LogP contribution is 2.78. The van der Waals surface area contributed by atoms with Crippen LogP contribution in [0.5, 0.6) is 0 Å². The molecule has 35 heavy (non-hydrogen) atoms. The lowest BCUT2D eigenvalue weighted by Crippen LogP contribution is -2.55. The van der Waals surface area contributed by atoms with Crippen molar-refractivity contribution < 1.29 is 14.3 Å². The van der Waals surface area contributed by atoms with Crippen LogP contribution in [0.25, 0.3) is 10.2 Å². The van der Waals surface area contributed by atoms with Crippen LogP contribution in [-0.4, -0.2) is 22.7 Å². The van der Waals surface area contributed by atoms with Crippen LogP contribution < -0.4 is 0 Å². The van der Waals surface area contributed by atoms with E-state index < -0.39 is 0 Å². The third-order valence-electron chi connectivity index (χ3n) is 11.9. The van der Waals surface area contributed by atoms with Gasteiger partial charge in [-0.2, -0.15) is 0 Å². The van der Waals surface area contributed by atoms with Crippen LogP contribution >= 0.6 is 11.3 Å². The van der Waals surface area contributed by atoms with E-state index in [4.69, 9.17) is 14.5 Å². The zero-order chi connectivity index (χ0) is 24.2. The Morgan fingerprint density at radius 3 is 2.63 bits per heavy atom. The van der Waals surface area contributed by atoms with E-state index in [2.05, 4.69) is 45.0 Å². The Morgan fingerprint density at radius 2 is 1.83 bits per heavy atom. The standard InChI is InChI=1S/C30H39NO3S/c1-18(32)33-20-11-14-27(2)19(17-20)9-10-21-22(27)12-15-28(3)23(21)13-16-30(28)29(4,34-30)26-31-24-7-5-6-8-25(24)35-26/h5-8,19-23H,9-17H2,1-4H3/t19-,20-,21+,22-,23-,27-,28-,29-,30-/m0/s1. The third-order valence-corrected chi connectivity index (χ3v) is 13.1. The largest absolute Gasteiger partial charge is 0.463 e. The van der Waals surface area contributed by atoms with Gasteiger partial charge in [0.15, 0.2) is 0 Å². The summed E-state index contributed by atoms with van der Waals surface area (Å²) in [6, 6.07) is 8.52. The Balaban J connectivity index is 1.15. The highest BCUT2D eigenvalue weighted by Gasteiger charge is 2.81. The summed E-state index contributed by atoms with van der Waals surface area (Å²) in [6.45, 7) is 9.06. The summed E-state index contributed by atoms with van der Waals surface area (Å²) >= 11 is 1.83. The number of aromatic nitrogens is 1. The Hall–Kier alpha value is -1.46. The van der Waals surface area contributed by atoms with Gasteiger partial charge < -0.3 is 9.47 Å². The van der Waals surface area contributed by atoms with Gasteiger partial charge in [0.05, 0.1) is 10.2 Å². The minimum atomic E-state index is -0.240. The molecule has 1 aromatic carbocycles. The lowest BCUT2D eigenvalue weighted by Gasteiger charge is -2.61. The average molecular weight is 494 g/mol. The summed E-state index contributed by atoms with van der Waals surface area (Å²) in [5, 5.41) is 1.18. The number of hydrogen-bond acceptors (Lipinski definition) is 5. The van der Waals surface area contributed by atoms with Gasteiger partial charge in [0, 0.05) is 12.3 Å². The molecular weight excluding hydrogens is 454 g/mol. The van der Waals surface area contributed by atoms with Crippen molar-refractivity contribution >= 4 is 27.5 Å². The molecule has 4 saturated carbocycles. The van der Waals surface area contributed by atoms with Gasteiger partial charge in [-0.15, -0.1) is 11.3 Å². The van der Waals surface area contributed by atoms with Crippen molar-refractivity contribution in [1.82, 2.24) is 4.98 Å². The number of ether oxygens (including phenoxy) is 2. The van der Waals surface area contributed by atoms with Crippen molar-refractivity contribution in [2.75, 3.05) is 0 Å². The molecule has 5 heteroatoms. The predicted octanol–water partition coefficient (Wildman–Crippen LogP) is 7.25. The van der Waals surface area contributed by atoms with E-state index in [0.29, 0.717) is 11.3 Å². The van der Waals surface area contributed by atoms with Crippen LogP contribution in [0, 0.1) is 34.5 Å². The van der Waals surface area contributed by atoms with E-state index in [1.54, 1.807) is 6.92 Å². The molecule has 2 aromatic rings. The van der Waals surface area contributed by atoms with Crippen LogP contribution in [0.1, 0.15) is 90.5 Å². The Kier molecular flexibility index (Phi) is 4.74. The van der Waals surface area contributed by atoms with Gasteiger partial charge in [-0.05, 0) is 106 Å². The van der Waals surface area contributed by atoms with Gasteiger partial charge in [0.2, 0.25) is 0 Å². The Morgan fingerprint density at radius 1 is 1.03 bits per heavy atom. The Bertz CT molecular complexity index is 1160. The first-order valence-electron chi connectivity index (χ1n) is 13.9. The molecule has 1 saturated heterocycles. The molecule has 5 fully saturated rings. The SMILES string of the molecule is CC(=O)O[C@H]1CC[C@@]2(C)[C@@H](CC[C@@H]3[C@@H]2CC[C@@]2(C)[C@H]3CC[C@]23O[C@@]3(C)c2nc3ccccc3s2)C1. The zero-order valence-corrected chi connectivity index (χ0v) is 22.5. The van der Waals surface area contributed by atoms with Crippen molar-refractivity contribution in [3.8, 4) is 0 Å². The second-order valence-electron chi connectivity index (χ2n) is 13.1. The van der Waals surface area contributed by atoms with Crippen LogP contribution in [0.3, 0.4) is 0 Å². The number of epoxide rings is 1. The van der Waals surface area contributed by atoms with E-state index in [0.717, 1.165) is 36.1 Å². The first-order valence-corrected chi connectivity index (χ1v) is 14.8. The number of benzene rings is 1. The zero-order valence-electron chi connectivity index (χ0n) is 21.6. The number of para-hydroxylation sites is 1. The topological polar surface area (TPSA) is 51.7 Å². The van der Waals surface area contributed by atoms with Crippen molar-refractivity contribution in [2.24, 2.45) is 34.5 Å². The van der Waals surface area contributed by atoms with Crippen molar-refractivity contribution in [2.45, 2.75) is 103 Å². The molecule has 0 bridgehead atoms. The first-order chi connectivity index (χ1) is 16.7. The lowest BCUT2D eigenvalue weighted by atomic mass is 9.44. The van der Waals surface area contributed by atoms with Crippen LogP contribution in [0.4, 0.5) is 0 Å². The second-order valence-corrected chi connectivity index (χ2v) is 14.1. The maximum absolute atomic E-state index is 11.6. The molecule has 0 N–H and O–H groups in total. The summed E-state index contributed by atoms with van der Waals surface area (Å²) in [4.78, 5) is 16.6. The van der Waals surface area contributed by atoms with E-state index in [1.165, 1.54) is 54.7 Å². The van der Waals surface area contributed by atoms with Crippen molar-refractivity contribution in [3.05, 3.63) is 29.3 Å². The van der Waals surface area contributed by atoms with Crippen LogP contribution in [0.2, 0.25) is 0 Å².